The smallest absolute Gasteiger partial charge is 0.435 e. The number of aryl methyl sites for hydroxylation is 1. The van der Waals surface area contributed by atoms with E-state index >= 15 is 0 Å². The Balaban J connectivity index is 1.72. The molecule has 0 spiro atoms. The van der Waals surface area contributed by atoms with Crippen molar-refractivity contribution >= 4 is 5.82 Å². The van der Waals surface area contributed by atoms with Crippen LogP contribution >= 0.6 is 0 Å². The Labute approximate surface area is 197 Å². The fourth-order valence-corrected chi connectivity index (χ4v) is 5.12. The molecule has 2 bridgehead atoms. The van der Waals surface area contributed by atoms with E-state index in [1.807, 2.05) is 6.07 Å². The van der Waals surface area contributed by atoms with Crippen molar-refractivity contribution in [3.8, 4) is 28.1 Å². The van der Waals surface area contributed by atoms with Crippen molar-refractivity contribution in [3.05, 3.63) is 77.1 Å². The molecule has 178 valence electrons. The van der Waals surface area contributed by atoms with Crippen molar-refractivity contribution in [2.75, 3.05) is 5.73 Å². The molecule has 2 aliphatic rings. The fourth-order valence-electron chi connectivity index (χ4n) is 5.12. The van der Waals surface area contributed by atoms with E-state index in [1.165, 1.54) is 29.1 Å². The zero-order valence-electron chi connectivity index (χ0n) is 18.5. The van der Waals surface area contributed by atoms with Crippen LogP contribution in [0.5, 0.6) is 5.75 Å². The molecular weight excluding hydrogens is 462 g/mol. The van der Waals surface area contributed by atoms with Crippen LogP contribution in [0, 0.1) is 5.82 Å². The highest BCUT2D eigenvalue weighted by Gasteiger charge is 2.43. The van der Waals surface area contributed by atoms with Crippen molar-refractivity contribution in [1.29, 1.82) is 0 Å². The van der Waals surface area contributed by atoms with Crippen molar-refractivity contribution < 1.29 is 22.3 Å². The van der Waals surface area contributed by atoms with E-state index in [9.17, 15) is 17.6 Å². The SMILES string of the molecule is C[C@H]1Oc2cc(cnc2N)-c2c(C(F)(F)F)nn3c2C(CC3)c2cccnc2-c2ccc(F)cc21. The van der Waals surface area contributed by atoms with Crippen LogP contribution in [0.4, 0.5) is 23.4 Å². The topological polar surface area (TPSA) is 78.9 Å². The van der Waals surface area contributed by atoms with Gasteiger partial charge in [0.2, 0.25) is 0 Å². The lowest BCUT2D eigenvalue weighted by Crippen LogP contribution is -2.12. The van der Waals surface area contributed by atoms with Gasteiger partial charge < -0.3 is 10.5 Å². The van der Waals surface area contributed by atoms with E-state index in [0.717, 1.165) is 5.56 Å². The molecule has 10 heteroatoms. The second-order valence-electron chi connectivity index (χ2n) is 8.71. The van der Waals surface area contributed by atoms with Gasteiger partial charge in [-0.1, -0.05) is 6.07 Å². The van der Waals surface area contributed by atoms with Crippen LogP contribution in [0.1, 0.15) is 47.9 Å². The number of anilines is 1. The molecule has 3 aromatic heterocycles. The summed E-state index contributed by atoms with van der Waals surface area (Å²) in [6, 6.07) is 9.38. The van der Waals surface area contributed by atoms with Gasteiger partial charge in [0.15, 0.2) is 17.3 Å². The van der Waals surface area contributed by atoms with Crippen molar-refractivity contribution in [2.45, 2.75) is 38.1 Å². The molecular formula is C25H19F4N5O. The molecule has 2 atom stereocenters. The summed E-state index contributed by atoms with van der Waals surface area (Å²) in [4.78, 5) is 8.70. The molecule has 1 aromatic carbocycles. The maximum atomic E-state index is 14.3. The number of rotatable bonds is 0. The molecule has 6 nitrogen and oxygen atoms in total. The summed E-state index contributed by atoms with van der Waals surface area (Å²) in [6.07, 6.45) is -1.90. The monoisotopic (exact) mass is 481 g/mol. The standard InChI is InChI=1S/C25H19F4N5O/c1-12-18-10-14(26)4-5-16(18)21-15(3-2-7-31-21)17-6-8-34-22(17)20(23(33-34)25(27,28)29)13-9-19(35-12)24(30)32-11-13/h2-5,7,9-12,17H,6,8H2,1H3,(H2,30,32)/t12-,17?/m1/s1. The third-order valence-corrected chi connectivity index (χ3v) is 6.62. The molecule has 2 aliphatic heterocycles. The maximum absolute atomic E-state index is 14.3. The minimum atomic E-state index is -4.67. The average Bonchev–Trinajstić information content (AvgIpc) is 3.40. The first kappa shape index (κ1) is 21.6. The van der Waals surface area contributed by atoms with Crippen LogP contribution in [-0.4, -0.2) is 19.7 Å². The number of nitrogens with zero attached hydrogens (tertiary/aromatic N) is 4. The van der Waals surface area contributed by atoms with Crippen LogP contribution in [0.2, 0.25) is 0 Å². The van der Waals surface area contributed by atoms with E-state index < -0.39 is 29.7 Å². The summed E-state index contributed by atoms with van der Waals surface area (Å²) in [6.45, 7) is 2.04. The average molecular weight is 481 g/mol. The molecule has 1 unspecified atom stereocenters. The molecule has 0 saturated carbocycles. The number of hydrogen-bond acceptors (Lipinski definition) is 5. The summed E-state index contributed by atoms with van der Waals surface area (Å²) >= 11 is 0. The van der Waals surface area contributed by atoms with E-state index in [0.29, 0.717) is 35.5 Å². The van der Waals surface area contributed by atoms with Gasteiger partial charge in [-0.05, 0) is 49.2 Å². The second kappa shape index (κ2) is 7.53. The van der Waals surface area contributed by atoms with Crippen LogP contribution in [0.25, 0.3) is 22.4 Å². The number of fused-ring (bicyclic) bond motifs is 7. The van der Waals surface area contributed by atoms with Gasteiger partial charge in [0.05, 0.1) is 11.4 Å². The summed E-state index contributed by atoms with van der Waals surface area (Å²) in [5, 5.41) is 3.96. The Kier molecular flexibility index (Phi) is 4.64. The number of ether oxygens (including phenoxy) is 1. The number of alkyl halides is 3. The lowest BCUT2D eigenvalue weighted by Gasteiger charge is -2.23. The molecule has 5 heterocycles. The Morgan fingerprint density at radius 2 is 1.94 bits per heavy atom. The van der Waals surface area contributed by atoms with E-state index in [2.05, 4.69) is 15.1 Å². The van der Waals surface area contributed by atoms with Gasteiger partial charge >= 0.3 is 6.18 Å². The van der Waals surface area contributed by atoms with Crippen molar-refractivity contribution in [3.63, 3.8) is 0 Å². The second-order valence-corrected chi connectivity index (χ2v) is 8.71. The molecule has 2 N–H and O–H groups in total. The zero-order valence-corrected chi connectivity index (χ0v) is 18.5. The quantitative estimate of drug-likeness (QED) is 0.324. The molecule has 0 aliphatic carbocycles. The van der Waals surface area contributed by atoms with Gasteiger partial charge in [-0.2, -0.15) is 18.3 Å². The third-order valence-electron chi connectivity index (χ3n) is 6.62. The first-order chi connectivity index (χ1) is 16.7. The Morgan fingerprint density at radius 1 is 1.11 bits per heavy atom. The number of pyridine rings is 2. The van der Waals surface area contributed by atoms with Gasteiger partial charge in [-0.25, -0.2) is 9.37 Å². The Morgan fingerprint density at radius 3 is 2.74 bits per heavy atom. The number of hydrogen-bond donors (Lipinski definition) is 1. The zero-order chi connectivity index (χ0) is 24.5. The highest BCUT2D eigenvalue weighted by molar-refractivity contribution is 5.76. The number of benzene rings is 1. The van der Waals surface area contributed by atoms with Crippen LogP contribution in [0.15, 0.2) is 48.8 Å². The first-order valence-electron chi connectivity index (χ1n) is 11.1. The minimum absolute atomic E-state index is 0.0167. The third kappa shape index (κ3) is 3.35. The van der Waals surface area contributed by atoms with Crippen LogP contribution in [-0.2, 0) is 12.7 Å². The van der Waals surface area contributed by atoms with Crippen LogP contribution in [0.3, 0.4) is 0 Å². The van der Waals surface area contributed by atoms with E-state index in [1.54, 1.807) is 25.3 Å². The van der Waals surface area contributed by atoms with Gasteiger partial charge in [0.1, 0.15) is 11.9 Å². The number of nitrogens with two attached hydrogens (primary N) is 1. The first-order valence-corrected chi connectivity index (χ1v) is 11.1. The molecule has 0 saturated heterocycles. The number of nitrogen functional groups attached to an aromatic ring is 1. The summed E-state index contributed by atoms with van der Waals surface area (Å²) < 4.78 is 64.2. The van der Waals surface area contributed by atoms with Gasteiger partial charge in [0.25, 0.3) is 0 Å². The lowest BCUT2D eigenvalue weighted by atomic mass is 9.86. The number of aromatic nitrogens is 4. The molecule has 6 rings (SSSR count). The van der Waals surface area contributed by atoms with Gasteiger partial charge in [-0.3, -0.25) is 9.67 Å². The largest absolute Gasteiger partial charge is 0.482 e. The Bertz CT molecular complexity index is 1480. The predicted molar refractivity (Wildman–Crippen MR) is 120 cm³/mol. The van der Waals surface area contributed by atoms with Crippen LogP contribution < -0.4 is 10.5 Å². The molecule has 0 fully saturated rings. The molecule has 0 amide bonds. The number of halogens is 4. The van der Waals surface area contributed by atoms with E-state index in [-0.39, 0.29) is 22.7 Å². The van der Waals surface area contributed by atoms with E-state index in [4.69, 9.17) is 10.5 Å². The summed E-state index contributed by atoms with van der Waals surface area (Å²) in [5.41, 5.74) is 8.11. The lowest BCUT2D eigenvalue weighted by molar-refractivity contribution is -0.141. The van der Waals surface area contributed by atoms with Crippen molar-refractivity contribution in [1.82, 2.24) is 19.7 Å². The normalized spacial score (nSPS) is 18.5. The van der Waals surface area contributed by atoms with Gasteiger partial charge in [0, 0.05) is 47.1 Å². The minimum Gasteiger partial charge on any atom is -0.482 e. The van der Waals surface area contributed by atoms with Crippen molar-refractivity contribution in [2.24, 2.45) is 0 Å². The fraction of sp³-hybridized carbons (Fsp3) is 0.240. The summed E-state index contributed by atoms with van der Waals surface area (Å²) in [5.74, 6) is -0.732. The Hall–Kier alpha value is -3.95. The highest BCUT2D eigenvalue weighted by atomic mass is 19.4. The predicted octanol–water partition coefficient (Wildman–Crippen LogP) is 5.74. The molecule has 35 heavy (non-hydrogen) atoms. The molecule has 0 radical (unpaired) electrons. The maximum Gasteiger partial charge on any atom is 0.435 e. The highest BCUT2D eigenvalue weighted by Crippen LogP contribution is 2.49. The molecule has 4 aromatic rings. The summed E-state index contributed by atoms with van der Waals surface area (Å²) in [7, 11) is 0. The van der Waals surface area contributed by atoms with Gasteiger partial charge in [-0.15, -0.1) is 0 Å².